The molecule has 0 amide bonds. The summed E-state index contributed by atoms with van der Waals surface area (Å²) in [5.74, 6) is 3.12. The third-order valence-electron chi connectivity index (χ3n) is 10.7. The van der Waals surface area contributed by atoms with Gasteiger partial charge in [-0.3, -0.25) is 0 Å². The Morgan fingerprint density at radius 1 is 0.688 bits per heavy atom. The van der Waals surface area contributed by atoms with E-state index in [2.05, 4.69) is 60.6 Å². The summed E-state index contributed by atoms with van der Waals surface area (Å²) in [6.07, 6.45) is 0.554. The number of benzene rings is 5. The molecule has 1 radical (unpaired) electrons. The monoisotopic (exact) mass is 1210 g/mol. The molecule has 0 spiro atoms. The molecule has 5 N–H and O–H groups in total. The Morgan fingerprint density at radius 2 is 1.20 bits per heavy atom. The van der Waals surface area contributed by atoms with Crippen LogP contribution < -0.4 is 96.2 Å². The zero-order valence-electron chi connectivity index (χ0n) is 43.3. The molecule has 11 rings (SSSR count). The van der Waals surface area contributed by atoms with Crippen molar-refractivity contribution in [3.05, 3.63) is 160 Å². The fourth-order valence-electron chi connectivity index (χ4n) is 7.72. The van der Waals surface area contributed by atoms with Crippen molar-refractivity contribution in [2.75, 3.05) is 35.7 Å². The van der Waals surface area contributed by atoms with Crippen molar-refractivity contribution in [2.24, 2.45) is 32.0 Å². The molecule has 23 nitrogen and oxygen atoms in total. The molecule has 3 aromatic heterocycles. The van der Waals surface area contributed by atoms with Gasteiger partial charge in [0.05, 0.1) is 12.1 Å². The second kappa shape index (κ2) is 31.2. The molecule has 6 heterocycles. The smallest absolute Gasteiger partial charge is 0.746 e. The van der Waals surface area contributed by atoms with Gasteiger partial charge in [0, 0.05) is 65.0 Å². The van der Waals surface area contributed by atoms with Crippen LogP contribution in [0.1, 0.15) is 71.0 Å². The van der Waals surface area contributed by atoms with Crippen LogP contribution in [0.5, 0.6) is 0 Å². The molecule has 0 aliphatic carbocycles. The number of amidine groups is 3. The Kier molecular flexibility index (Phi) is 27.4. The number of aromatic nitrogens is 5. The van der Waals surface area contributed by atoms with Gasteiger partial charge in [-0.25, -0.2) is 31.5 Å². The number of rotatable bonds is 8. The summed E-state index contributed by atoms with van der Waals surface area (Å²) in [5, 5.41) is 14.1. The van der Waals surface area contributed by atoms with E-state index in [4.69, 9.17) is 53.6 Å². The summed E-state index contributed by atoms with van der Waals surface area (Å²) >= 11 is 0. The fraction of sp³-hybridized carbons (Fsp3) is 0.216. The maximum Gasteiger partial charge on any atom is 2.00 e. The summed E-state index contributed by atoms with van der Waals surface area (Å²) < 4.78 is 85.4. The molecule has 5 aromatic carbocycles. The molecule has 0 saturated heterocycles. The number of nitrogens with one attached hydrogen (secondary N) is 3. The van der Waals surface area contributed by atoms with E-state index in [9.17, 15) is 21.4 Å². The molecule has 0 saturated carbocycles. The van der Waals surface area contributed by atoms with E-state index in [0.29, 0.717) is 28.5 Å². The van der Waals surface area contributed by atoms with Gasteiger partial charge in [0.15, 0.2) is 5.84 Å². The molecule has 3 aliphatic rings. The zero-order chi connectivity index (χ0) is 54.0. The molecule has 3 aliphatic heterocycles. The second-order valence-electron chi connectivity index (χ2n) is 15.4. The summed E-state index contributed by atoms with van der Waals surface area (Å²) in [5.41, 5.74) is 10.5. The number of nitrogens with two attached hydrogens (primary N) is 1. The number of fused-ring (bicyclic) bond motifs is 19. The Morgan fingerprint density at radius 3 is 1.79 bits per heavy atom. The Hall–Kier alpha value is -6.04. The van der Waals surface area contributed by atoms with Gasteiger partial charge >= 0.3 is 86.8 Å². The molecule has 1 unspecified atom stereocenters. The van der Waals surface area contributed by atoms with Crippen molar-refractivity contribution < 1.29 is 110 Å². The van der Waals surface area contributed by atoms with Crippen LogP contribution in [-0.4, -0.2) is 90.4 Å². The first-order chi connectivity index (χ1) is 36.0. The number of sulfonamides is 1. The van der Waals surface area contributed by atoms with Crippen LogP contribution in [0.25, 0.3) is 26.9 Å². The van der Waals surface area contributed by atoms with Gasteiger partial charge in [0.2, 0.25) is 27.9 Å². The molecule has 0 fully saturated rings. The Labute approximate surface area is 520 Å². The largest absolute Gasteiger partial charge is 2.00 e. The van der Waals surface area contributed by atoms with E-state index >= 15 is 0 Å². The third kappa shape index (κ3) is 16.8. The maximum atomic E-state index is 11.3. The average Bonchev–Trinajstić information content (AvgIpc) is 4.16. The molecular formula is C51H55CuN15Na2O8S3. The SMILES string of the molecule is C.C.CC.CC.CS(=O)(=O)NCCNc1nc(N)nc(Nc2c[c-]ccc2S(=O)(=O)[O-])n1.Cn1c2c3ccccc3c1N=C1[N-]C(N=c3[n-]c(c4ccccc34)=NC3=NC(=N2)c2ccccc23)c2ccccc21.O=S(=O)=O.[Cu+2].[Na+].[Na+]. The van der Waals surface area contributed by atoms with Gasteiger partial charge in [-0.1, -0.05) is 151 Å². The predicted molar refractivity (Wildman–Crippen MR) is 298 cm³/mol. The minimum Gasteiger partial charge on any atom is -0.746 e. The average molecular weight is 1210 g/mol. The minimum absolute atomic E-state index is 0. The van der Waals surface area contributed by atoms with E-state index < -0.39 is 41.8 Å². The normalized spacial score (nSPS) is 12.9. The van der Waals surface area contributed by atoms with Crippen LogP contribution in [0.2, 0.25) is 0 Å². The van der Waals surface area contributed by atoms with E-state index in [1.165, 1.54) is 12.1 Å². The van der Waals surface area contributed by atoms with Crippen LogP contribution in [0.15, 0.2) is 145 Å². The molecule has 413 valence electrons. The number of hydrogen-bond acceptors (Lipinski definition) is 19. The van der Waals surface area contributed by atoms with E-state index in [-0.39, 0.29) is 128 Å². The van der Waals surface area contributed by atoms with Crippen LogP contribution in [0.4, 0.5) is 35.2 Å². The summed E-state index contributed by atoms with van der Waals surface area (Å²) in [6, 6.07) is 38.6. The number of nitrogens with zero attached hydrogens (tertiary/aromatic N) is 11. The molecule has 1 atom stereocenters. The summed E-state index contributed by atoms with van der Waals surface area (Å²) in [6.45, 7) is 8.24. The summed E-state index contributed by atoms with van der Waals surface area (Å²) in [7, 11) is -9.17. The van der Waals surface area contributed by atoms with Gasteiger partial charge in [0.25, 0.3) is 0 Å². The van der Waals surface area contributed by atoms with Crippen molar-refractivity contribution in [2.45, 2.75) is 53.6 Å². The third-order valence-corrected chi connectivity index (χ3v) is 12.3. The van der Waals surface area contributed by atoms with Gasteiger partial charge in [-0.15, -0.1) is 12.6 Å². The quantitative estimate of drug-likeness (QED) is 0.0706. The first-order valence-corrected chi connectivity index (χ1v) is 27.2. The number of anilines is 4. The maximum absolute atomic E-state index is 11.3. The van der Waals surface area contributed by atoms with Crippen LogP contribution >= 0.6 is 0 Å². The zero-order valence-corrected chi connectivity index (χ0v) is 50.6. The standard InChI is InChI=1S/C33H20N8.C12H16N7O5S2.2C2H6.2CH4.Cu.2Na.O3S/c1-41-32-24-16-8-9-17-25(24)33(41)40-31-23-15-7-5-13-21(23)29(38-31)36-27-19-11-3-2-10-18(19)26(34-27)35-28-20-12-4-6-14-22(20)30(37-28)39-32;1-25(20,21)15-7-6-14-11-17-10(13)18-12(19-11)16-8-4-2-3-5-9(8)26(22,23)24;2*1-2;;;;;;1-4(2)3/h2-17,28H,1H3;3-5,15H,6-7H2,1H3,(H,22,23,24)(H4,13,14,16,17,18,19);2*1-2H3;2*1H4;;;;/q-2;-1;;;;;+2;2*+1;/p-1. The topological polar surface area (TPSA) is 338 Å². The van der Waals surface area contributed by atoms with E-state index in [0.717, 1.165) is 67.8 Å². The molecule has 80 heavy (non-hydrogen) atoms. The molecule has 8 aromatic rings. The fourth-order valence-corrected chi connectivity index (χ4v) is 8.81. The number of hydrogen-bond donors (Lipinski definition) is 4. The minimum atomic E-state index is -4.72. The predicted octanol–water partition coefficient (Wildman–Crippen LogP) is 0.733. The van der Waals surface area contributed by atoms with E-state index in [1.807, 2.05) is 112 Å². The van der Waals surface area contributed by atoms with Gasteiger partial charge in [-0.05, 0) is 26.8 Å². The molecular weight excluding hydrogens is 1160 g/mol. The van der Waals surface area contributed by atoms with Gasteiger partial charge in [0.1, 0.15) is 15.9 Å². The van der Waals surface area contributed by atoms with Crippen molar-refractivity contribution in [1.29, 1.82) is 0 Å². The van der Waals surface area contributed by atoms with Crippen LogP contribution in [-0.2, 0) is 54.9 Å². The first-order valence-electron chi connectivity index (χ1n) is 22.9. The summed E-state index contributed by atoms with van der Waals surface area (Å²) in [4.78, 5) is 41.3. The molecule has 29 heteroatoms. The molecule has 8 bridgehead atoms. The first kappa shape index (κ1) is 70.1. The Bertz CT molecular complexity index is 4040. The van der Waals surface area contributed by atoms with Crippen molar-refractivity contribution >= 4 is 105 Å². The van der Waals surface area contributed by atoms with Crippen molar-refractivity contribution in [1.82, 2.24) is 29.2 Å². The van der Waals surface area contributed by atoms with E-state index in [1.54, 1.807) is 0 Å². The van der Waals surface area contributed by atoms with Crippen molar-refractivity contribution in [3.8, 4) is 0 Å². The van der Waals surface area contributed by atoms with Crippen LogP contribution in [0.3, 0.4) is 0 Å². The van der Waals surface area contributed by atoms with Crippen LogP contribution in [0, 0.1) is 6.07 Å². The van der Waals surface area contributed by atoms with Crippen molar-refractivity contribution in [3.63, 3.8) is 0 Å². The number of nitrogen functional groups attached to an aromatic ring is 1. The Balaban J connectivity index is 0.000000492. The number of aliphatic imine (C=N–C) groups is 3. The van der Waals surface area contributed by atoms with Gasteiger partial charge < -0.3 is 50.8 Å². The second-order valence-corrected chi connectivity index (χ2v) is 19.0. The van der Waals surface area contributed by atoms with Gasteiger partial charge in [-0.2, -0.15) is 39.2 Å².